The van der Waals surface area contributed by atoms with Gasteiger partial charge >= 0.3 is 0 Å². The van der Waals surface area contributed by atoms with E-state index in [4.69, 9.17) is 0 Å². The zero-order valence-corrected chi connectivity index (χ0v) is 11.5. The Kier molecular flexibility index (Phi) is 4.50. The fraction of sp³-hybridized carbons (Fsp3) is 0.267. The lowest BCUT2D eigenvalue weighted by Gasteiger charge is -2.09. The van der Waals surface area contributed by atoms with Gasteiger partial charge in [-0.25, -0.2) is 13.8 Å². The van der Waals surface area contributed by atoms with Gasteiger partial charge in [-0.05, 0) is 18.9 Å². The quantitative estimate of drug-likeness (QED) is 0.880. The van der Waals surface area contributed by atoms with Crippen molar-refractivity contribution in [1.82, 2.24) is 4.98 Å². The number of hydrogen-bond acceptors (Lipinski definition) is 3. The molecule has 0 aliphatic rings. The van der Waals surface area contributed by atoms with E-state index in [2.05, 4.69) is 21.7 Å². The van der Waals surface area contributed by atoms with E-state index < -0.39 is 11.6 Å². The van der Waals surface area contributed by atoms with E-state index in [9.17, 15) is 8.78 Å². The molecule has 2 aromatic rings. The number of hydrogen-bond donors (Lipinski definition) is 2. The van der Waals surface area contributed by atoms with Crippen molar-refractivity contribution >= 4 is 11.6 Å². The summed E-state index contributed by atoms with van der Waals surface area (Å²) in [5.74, 6) is -1.30. The van der Waals surface area contributed by atoms with Crippen LogP contribution in [0.15, 0.2) is 30.3 Å². The Balaban J connectivity index is 2.00. The summed E-state index contributed by atoms with van der Waals surface area (Å²) in [6, 6.07) is 8.93. The van der Waals surface area contributed by atoms with Gasteiger partial charge in [0.05, 0.1) is 0 Å². The maximum atomic E-state index is 13.6. The molecule has 0 atom stereocenters. The van der Waals surface area contributed by atoms with Gasteiger partial charge in [0, 0.05) is 19.7 Å². The molecule has 0 fully saturated rings. The highest BCUT2D eigenvalue weighted by atomic mass is 19.1. The number of halogens is 2. The minimum atomic E-state index is -0.700. The predicted molar refractivity (Wildman–Crippen MR) is 77.1 cm³/mol. The largest absolute Gasteiger partial charge is 0.371 e. The van der Waals surface area contributed by atoms with E-state index >= 15 is 0 Å². The molecule has 106 valence electrons. The topological polar surface area (TPSA) is 37.0 Å². The summed E-state index contributed by atoms with van der Waals surface area (Å²) in [4.78, 5) is 3.87. The highest BCUT2D eigenvalue weighted by Gasteiger charge is 2.10. The first-order chi connectivity index (χ1) is 9.60. The van der Waals surface area contributed by atoms with Crippen LogP contribution in [0.5, 0.6) is 0 Å². The van der Waals surface area contributed by atoms with Crippen LogP contribution in [0.3, 0.4) is 0 Å². The Morgan fingerprint density at radius 1 is 1.10 bits per heavy atom. The Morgan fingerprint density at radius 3 is 2.55 bits per heavy atom. The summed E-state index contributed by atoms with van der Waals surface area (Å²) < 4.78 is 26.8. The second kappa shape index (κ2) is 6.32. The molecule has 1 aromatic heterocycles. The second-order valence-corrected chi connectivity index (χ2v) is 4.57. The van der Waals surface area contributed by atoms with Crippen molar-refractivity contribution in [2.75, 3.05) is 24.2 Å². The van der Waals surface area contributed by atoms with Gasteiger partial charge in [0.25, 0.3) is 0 Å². The minimum absolute atomic E-state index is 0.0319. The molecule has 1 aromatic carbocycles. The molecule has 0 bridgehead atoms. The molecule has 0 saturated heterocycles. The maximum absolute atomic E-state index is 13.6. The first-order valence-electron chi connectivity index (χ1n) is 6.43. The highest BCUT2D eigenvalue weighted by molar-refractivity contribution is 5.47. The van der Waals surface area contributed by atoms with Crippen LogP contribution in [-0.2, 0) is 6.42 Å². The lowest BCUT2D eigenvalue weighted by Crippen LogP contribution is -2.10. The van der Waals surface area contributed by atoms with E-state index in [0.29, 0.717) is 6.54 Å². The number of anilines is 2. The number of pyridine rings is 1. The Labute approximate surface area is 117 Å². The maximum Gasteiger partial charge on any atom is 0.168 e. The zero-order valence-electron chi connectivity index (χ0n) is 11.5. The lowest BCUT2D eigenvalue weighted by atomic mass is 10.1. The third-order valence-corrected chi connectivity index (χ3v) is 2.95. The van der Waals surface area contributed by atoms with Crippen LogP contribution in [0.4, 0.5) is 20.4 Å². The van der Waals surface area contributed by atoms with Crippen LogP contribution in [0, 0.1) is 18.6 Å². The third kappa shape index (κ3) is 3.44. The minimum Gasteiger partial charge on any atom is -0.371 e. The zero-order chi connectivity index (χ0) is 14.5. The van der Waals surface area contributed by atoms with Gasteiger partial charge in [-0.2, -0.15) is 0 Å². The van der Waals surface area contributed by atoms with Crippen LogP contribution in [-0.4, -0.2) is 18.6 Å². The van der Waals surface area contributed by atoms with Crippen molar-refractivity contribution in [3.05, 3.63) is 53.1 Å². The van der Waals surface area contributed by atoms with Crippen molar-refractivity contribution < 1.29 is 8.78 Å². The van der Waals surface area contributed by atoms with Crippen molar-refractivity contribution in [3.8, 4) is 0 Å². The standard InChI is InChI=1S/C15H17F2N3/c1-10-4-3-5-11(8-10)6-7-19-15-13(17)9-12(16)14(18-2)20-15/h3-5,8-9H,6-7H2,1-2H3,(H2,18,19,20). The van der Waals surface area contributed by atoms with Gasteiger partial charge < -0.3 is 10.6 Å². The van der Waals surface area contributed by atoms with Gasteiger partial charge in [-0.1, -0.05) is 29.8 Å². The average molecular weight is 277 g/mol. The Morgan fingerprint density at radius 2 is 1.85 bits per heavy atom. The van der Waals surface area contributed by atoms with Crippen LogP contribution < -0.4 is 10.6 Å². The summed E-state index contributed by atoms with van der Waals surface area (Å²) in [6.07, 6.45) is 0.745. The predicted octanol–water partition coefficient (Wildman–Crippen LogP) is 3.36. The van der Waals surface area contributed by atoms with Crippen LogP contribution in [0.1, 0.15) is 11.1 Å². The van der Waals surface area contributed by atoms with Gasteiger partial charge in [0.1, 0.15) is 0 Å². The summed E-state index contributed by atoms with van der Waals surface area (Å²) >= 11 is 0. The van der Waals surface area contributed by atoms with Crippen LogP contribution >= 0.6 is 0 Å². The molecule has 1 heterocycles. The Bertz CT molecular complexity index is 600. The summed E-state index contributed by atoms with van der Waals surface area (Å²) in [7, 11) is 1.54. The molecule has 0 aliphatic heterocycles. The molecule has 5 heteroatoms. The smallest absolute Gasteiger partial charge is 0.168 e. The van der Waals surface area contributed by atoms with E-state index in [1.807, 2.05) is 25.1 Å². The summed E-state index contributed by atoms with van der Waals surface area (Å²) in [6.45, 7) is 2.56. The number of benzene rings is 1. The van der Waals surface area contributed by atoms with Crippen molar-refractivity contribution in [2.24, 2.45) is 0 Å². The van der Waals surface area contributed by atoms with E-state index in [0.717, 1.165) is 18.1 Å². The number of rotatable bonds is 5. The van der Waals surface area contributed by atoms with Gasteiger partial charge in [-0.15, -0.1) is 0 Å². The molecule has 0 amide bonds. The van der Waals surface area contributed by atoms with Gasteiger partial charge in [0.15, 0.2) is 23.3 Å². The molecule has 0 spiro atoms. The molecule has 0 unspecified atom stereocenters. The molecule has 0 radical (unpaired) electrons. The van der Waals surface area contributed by atoms with E-state index in [1.165, 1.54) is 5.56 Å². The molecule has 2 rings (SSSR count). The number of aryl methyl sites for hydroxylation is 1. The number of nitrogens with one attached hydrogen (secondary N) is 2. The fourth-order valence-electron chi connectivity index (χ4n) is 1.96. The number of aromatic nitrogens is 1. The summed E-state index contributed by atoms with van der Waals surface area (Å²) in [5.41, 5.74) is 2.35. The fourth-order valence-corrected chi connectivity index (χ4v) is 1.96. The molecular weight excluding hydrogens is 260 g/mol. The van der Waals surface area contributed by atoms with Crippen molar-refractivity contribution in [2.45, 2.75) is 13.3 Å². The van der Waals surface area contributed by atoms with Crippen LogP contribution in [0.2, 0.25) is 0 Å². The van der Waals surface area contributed by atoms with Gasteiger partial charge in [-0.3, -0.25) is 0 Å². The first kappa shape index (κ1) is 14.2. The first-order valence-corrected chi connectivity index (χ1v) is 6.43. The molecule has 3 nitrogen and oxygen atoms in total. The average Bonchev–Trinajstić information content (AvgIpc) is 2.41. The van der Waals surface area contributed by atoms with Crippen molar-refractivity contribution in [3.63, 3.8) is 0 Å². The second-order valence-electron chi connectivity index (χ2n) is 4.57. The van der Waals surface area contributed by atoms with Crippen molar-refractivity contribution in [1.29, 1.82) is 0 Å². The highest BCUT2D eigenvalue weighted by Crippen LogP contribution is 2.18. The molecule has 0 aliphatic carbocycles. The molecular formula is C15H17F2N3. The lowest BCUT2D eigenvalue weighted by molar-refractivity contribution is 0.578. The third-order valence-electron chi connectivity index (χ3n) is 2.95. The monoisotopic (exact) mass is 277 g/mol. The van der Waals surface area contributed by atoms with E-state index in [1.54, 1.807) is 7.05 Å². The Hall–Kier alpha value is -2.17. The molecule has 2 N–H and O–H groups in total. The number of nitrogens with zero attached hydrogens (tertiary/aromatic N) is 1. The SMILES string of the molecule is CNc1nc(NCCc2cccc(C)c2)c(F)cc1F. The summed E-state index contributed by atoms with van der Waals surface area (Å²) in [5, 5.41) is 5.48. The normalized spacial score (nSPS) is 10.4. The van der Waals surface area contributed by atoms with Crippen LogP contribution in [0.25, 0.3) is 0 Å². The van der Waals surface area contributed by atoms with E-state index in [-0.39, 0.29) is 11.6 Å². The molecule has 20 heavy (non-hydrogen) atoms. The van der Waals surface area contributed by atoms with Gasteiger partial charge in [0.2, 0.25) is 0 Å². The molecule has 0 saturated carbocycles.